The molecule has 3 heterocycles. The second kappa shape index (κ2) is 11.1. The van der Waals surface area contributed by atoms with Crippen molar-refractivity contribution in [2.75, 3.05) is 16.0 Å². The van der Waals surface area contributed by atoms with Gasteiger partial charge in [0.25, 0.3) is 0 Å². The molecule has 0 fully saturated rings. The van der Waals surface area contributed by atoms with Crippen LogP contribution in [0.3, 0.4) is 0 Å². The molecule has 0 spiro atoms. The molecule has 1 aliphatic heterocycles. The predicted octanol–water partition coefficient (Wildman–Crippen LogP) is 4.76. The lowest BCUT2D eigenvalue weighted by Gasteiger charge is -2.42. The highest BCUT2D eigenvalue weighted by atomic mass is 32.2. The summed E-state index contributed by atoms with van der Waals surface area (Å²) in [5.74, 6) is -1.71. The van der Waals surface area contributed by atoms with Gasteiger partial charge in [0, 0.05) is 23.3 Å². The highest BCUT2D eigenvalue weighted by Gasteiger charge is 2.46. The van der Waals surface area contributed by atoms with Crippen molar-refractivity contribution in [2.45, 2.75) is 50.3 Å². The van der Waals surface area contributed by atoms with Crippen LogP contribution in [0.25, 0.3) is 0 Å². The maximum atomic E-state index is 15.0. The number of nitrogens with two attached hydrogens (primary N) is 1. The smallest absolute Gasteiger partial charge is 0.236 e. The molecule has 10 nitrogen and oxygen atoms in total. The van der Waals surface area contributed by atoms with E-state index in [1.807, 2.05) is 20.8 Å². The number of aryl methyl sites for hydroxylation is 1. The number of Topliss-reactive ketones (excluding diaryl/α,β-unsaturated/α-hetero) is 1. The molecular formula is C26H25FN8O2S3. The van der Waals surface area contributed by atoms with Gasteiger partial charge < -0.3 is 5.73 Å². The second-order valence-corrected chi connectivity index (χ2v) is 13.3. The number of halogens is 1. The van der Waals surface area contributed by atoms with Gasteiger partial charge in [0.1, 0.15) is 16.6 Å². The number of anilines is 2. The van der Waals surface area contributed by atoms with Gasteiger partial charge in [-0.15, -0.1) is 20.4 Å². The van der Waals surface area contributed by atoms with Crippen molar-refractivity contribution < 1.29 is 14.0 Å². The average Bonchev–Trinajstić information content (AvgIpc) is 3.56. The Hall–Kier alpha value is -3.67. The number of carbonyl (C=O) groups is 2. The third kappa shape index (κ3) is 5.36. The predicted molar refractivity (Wildman–Crippen MR) is 152 cm³/mol. The molecule has 0 radical (unpaired) electrons. The Kier molecular flexibility index (Phi) is 7.72. The minimum absolute atomic E-state index is 0.0687. The number of nitrogens with one attached hydrogen (secondary N) is 1. The minimum atomic E-state index is -0.917. The van der Waals surface area contributed by atoms with E-state index in [-0.39, 0.29) is 46.2 Å². The number of ketones is 1. The first-order chi connectivity index (χ1) is 19.1. The Labute approximate surface area is 242 Å². The van der Waals surface area contributed by atoms with E-state index in [9.17, 15) is 19.2 Å². The van der Waals surface area contributed by atoms with Crippen molar-refractivity contribution in [3.8, 4) is 6.07 Å². The summed E-state index contributed by atoms with van der Waals surface area (Å²) in [7, 11) is 0. The summed E-state index contributed by atoms with van der Waals surface area (Å²) in [6.07, 6.45) is 1.45. The number of nitrogens with zero attached hydrogens (tertiary/aromatic N) is 6. The zero-order chi connectivity index (χ0) is 28.6. The summed E-state index contributed by atoms with van der Waals surface area (Å²) >= 11 is 3.70. The SMILES string of the molecule is CCc1nnc(NC(=O)CSc2nnc(N3C(N)=C(C#N)C(c4ccccc4F)C4=C3CC(C)(C)CC4=O)s2)s1. The Morgan fingerprint density at radius 3 is 2.73 bits per heavy atom. The van der Waals surface area contributed by atoms with Crippen LogP contribution in [0.5, 0.6) is 0 Å². The summed E-state index contributed by atoms with van der Waals surface area (Å²) in [5.41, 5.74) is 7.43. The Morgan fingerprint density at radius 2 is 2.02 bits per heavy atom. The highest BCUT2D eigenvalue weighted by Crippen LogP contribution is 2.51. The van der Waals surface area contributed by atoms with Crippen molar-refractivity contribution in [1.29, 1.82) is 5.26 Å². The van der Waals surface area contributed by atoms with Crippen LogP contribution in [0.2, 0.25) is 0 Å². The van der Waals surface area contributed by atoms with Gasteiger partial charge in [-0.3, -0.25) is 19.8 Å². The number of nitriles is 1. The van der Waals surface area contributed by atoms with Crippen molar-refractivity contribution >= 4 is 56.4 Å². The number of hydrogen-bond donors (Lipinski definition) is 2. The van der Waals surface area contributed by atoms with Crippen molar-refractivity contribution in [3.05, 3.63) is 63.3 Å². The average molecular weight is 597 g/mol. The lowest BCUT2D eigenvalue weighted by atomic mass is 9.68. The number of amides is 1. The zero-order valence-electron chi connectivity index (χ0n) is 21.9. The molecule has 2 aromatic heterocycles. The minimum Gasteiger partial charge on any atom is -0.384 e. The second-order valence-electron chi connectivity index (χ2n) is 10.0. The van der Waals surface area contributed by atoms with E-state index in [4.69, 9.17) is 5.73 Å². The van der Waals surface area contributed by atoms with Crippen LogP contribution in [0.4, 0.5) is 14.7 Å². The maximum Gasteiger partial charge on any atom is 0.236 e. The van der Waals surface area contributed by atoms with Crippen molar-refractivity contribution in [1.82, 2.24) is 20.4 Å². The summed E-state index contributed by atoms with van der Waals surface area (Å²) < 4.78 is 15.5. The molecule has 14 heteroatoms. The largest absolute Gasteiger partial charge is 0.384 e. The molecule has 1 unspecified atom stereocenters. The quantitative estimate of drug-likeness (QED) is 0.365. The van der Waals surface area contributed by atoms with Gasteiger partial charge >= 0.3 is 0 Å². The van der Waals surface area contributed by atoms with Crippen LogP contribution in [0.15, 0.2) is 51.3 Å². The van der Waals surface area contributed by atoms with Crippen molar-refractivity contribution in [2.24, 2.45) is 11.1 Å². The molecule has 5 rings (SSSR count). The van der Waals surface area contributed by atoms with Gasteiger partial charge in [-0.25, -0.2) is 4.39 Å². The van der Waals surface area contributed by atoms with E-state index in [1.165, 1.54) is 40.5 Å². The zero-order valence-corrected chi connectivity index (χ0v) is 24.3. The Balaban J connectivity index is 1.46. The molecule has 206 valence electrons. The molecule has 3 N–H and O–H groups in total. The van der Waals surface area contributed by atoms with Gasteiger partial charge in [0.2, 0.25) is 16.2 Å². The first-order valence-electron chi connectivity index (χ1n) is 12.4. The summed E-state index contributed by atoms with van der Waals surface area (Å²) in [6, 6.07) is 8.25. The van der Waals surface area contributed by atoms with E-state index >= 15 is 0 Å². The maximum absolute atomic E-state index is 15.0. The van der Waals surface area contributed by atoms with E-state index in [2.05, 4.69) is 31.8 Å². The topological polar surface area (TPSA) is 151 Å². The molecule has 3 aromatic rings. The first kappa shape index (κ1) is 27.9. The van der Waals surface area contributed by atoms with E-state index in [0.29, 0.717) is 32.3 Å². The van der Waals surface area contributed by atoms with Gasteiger partial charge in [0.15, 0.2) is 10.1 Å². The van der Waals surface area contributed by atoms with Crippen LogP contribution in [-0.4, -0.2) is 37.8 Å². The number of aromatic nitrogens is 4. The molecular weight excluding hydrogens is 572 g/mol. The number of allylic oxidation sites excluding steroid dienone is 3. The number of thioether (sulfide) groups is 1. The van der Waals surface area contributed by atoms with Gasteiger partial charge in [-0.2, -0.15) is 5.26 Å². The summed E-state index contributed by atoms with van der Waals surface area (Å²) in [4.78, 5) is 27.6. The monoisotopic (exact) mass is 596 g/mol. The fraction of sp³-hybridized carbons (Fsp3) is 0.346. The Bertz CT molecular complexity index is 1600. The summed E-state index contributed by atoms with van der Waals surface area (Å²) in [5, 5.41) is 31.0. The van der Waals surface area contributed by atoms with E-state index < -0.39 is 11.7 Å². The molecule has 0 saturated carbocycles. The standard InChI is InChI=1S/C26H25FN8O2S3/c1-4-19-31-32-23(39-19)30-18(37)12-38-25-34-33-24(40-25)35-16-9-26(2,3)10-17(36)21(16)20(14(11-28)22(35)29)13-7-5-6-8-15(13)27/h5-8,20H,4,9-10,12,29H2,1-3H3,(H,30,32,37). The fourth-order valence-corrected chi connectivity index (χ4v) is 7.20. The van der Waals surface area contributed by atoms with Crippen LogP contribution >= 0.6 is 34.4 Å². The molecule has 1 amide bonds. The third-order valence-electron chi connectivity index (χ3n) is 6.53. The fourth-order valence-electron chi connectivity index (χ4n) is 4.83. The normalized spacial score (nSPS) is 18.5. The van der Waals surface area contributed by atoms with Gasteiger partial charge in [-0.1, -0.05) is 73.4 Å². The third-order valence-corrected chi connectivity index (χ3v) is 9.55. The van der Waals surface area contributed by atoms with Gasteiger partial charge in [-0.05, 0) is 24.3 Å². The molecule has 0 saturated heterocycles. The first-order valence-corrected chi connectivity index (χ1v) is 15.0. The number of rotatable bonds is 7. The van der Waals surface area contributed by atoms with Crippen LogP contribution in [0, 0.1) is 22.6 Å². The molecule has 40 heavy (non-hydrogen) atoms. The van der Waals surface area contributed by atoms with E-state index in [1.54, 1.807) is 23.1 Å². The Morgan fingerprint density at radius 1 is 1.25 bits per heavy atom. The molecule has 1 atom stereocenters. The highest BCUT2D eigenvalue weighted by molar-refractivity contribution is 8.01. The lowest BCUT2D eigenvalue weighted by Crippen LogP contribution is -2.42. The number of benzene rings is 1. The van der Waals surface area contributed by atoms with Crippen LogP contribution < -0.4 is 16.0 Å². The number of carbonyl (C=O) groups excluding carboxylic acids is 2. The van der Waals surface area contributed by atoms with Crippen LogP contribution in [0.1, 0.15) is 50.1 Å². The molecule has 0 bridgehead atoms. The number of hydrogen-bond acceptors (Lipinski definition) is 12. The summed E-state index contributed by atoms with van der Waals surface area (Å²) in [6.45, 7) is 5.92. The molecule has 2 aliphatic rings. The molecule has 1 aliphatic carbocycles. The van der Waals surface area contributed by atoms with Crippen molar-refractivity contribution in [3.63, 3.8) is 0 Å². The van der Waals surface area contributed by atoms with E-state index in [0.717, 1.165) is 11.4 Å². The van der Waals surface area contributed by atoms with Gasteiger partial charge in [0.05, 0.1) is 23.3 Å². The lowest BCUT2D eigenvalue weighted by molar-refractivity contribution is -0.118. The molecule has 1 aromatic carbocycles. The van der Waals surface area contributed by atoms with Crippen LogP contribution in [-0.2, 0) is 16.0 Å².